The Kier molecular flexibility index (Phi) is 3.80. The summed E-state index contributed by atoms with van der Waals surface area (Å²) in [5.41, 5.74) is -0.111. The van der Waals surface area contributed by atoms with E-state index < -0.39 is 11.7 Å². The Labute approximate surface area is 116 Å². The van der Waals surface area contributed by atoms with E-state index >= 15 is 0 Å². The van der Waals surface area contributed by atoms with E-state index in [0.29, 0.717) is 16.0 Å². The van der Waals surface area contributed by atoms with E-state index in [2.05, 4.69) is 26.2 Å². The smallest absolute Gasteiger partial charge is 0.339 e. The molecule has 0 saturated heterocycles. The molecule has 19 heavy (non-hydrogen) atoms. The van der Waals surface area contributed by atoms with E-state index in [1.165, 1.54) is 13.0 Å². The minimum absolute atomic E-state index is 0.193. The largest absolute Gasteiger partial charge is 0.416 e. The van der Waals surface area contributed by atoms with Crippen molar-refractivity contribution in [3.05, 3.63) is 52.1 Å². The van der Waals surface area contributed by atoms with Gasteiger partial charge in [-0.1, -0.05) is 6.07 Å². The molecule has 0 radical (unpaired) electrons. The lowest BCUT2D eigenvalue weighted by molar-refractivity contribution is -0.138. The molecule has 2 aromatic rings. The first-order valence-corrected chi connectivity index (χ1v) is 6.22. The Morgan fingerprint density at radius 1 is 1.21 bits per heavy atom. The monoisotopic (exact) mass is 330 g/mol. The lowest BCUT2D eigenvalue weighted by atomic mass is 10.1. The first kappa shape index (κ1) is 13.9. The molecule has 1 aromatic carbocycles. The number of nitrogens with one attached hydrogen (secondary N) is 1. The van der Waals surface area contributed by atoms with Crippen LogP contribution in [-0.4, -0.2) is 4.98 Å². The average molecular weight is 331 g/mol. The van der Waals surface area contributed by atoms with E-state index in [9.17, 15) is 13.2 Å². The third kappa shape index (κ3) is 3.26. The third-order valence-electron chi connectivity index (χ3n) is 2.56. The molecule has 0 aliphatic heterocycles. The molecule has 0 fully saturated rings. The lowest BCUT2D eigenvalue weighted by Gasteiger charge is -2.13. The van der Waals surface area contributed by atoms with Crippen molar-refractivity contribution in [1.82, 2.24) is 4.98 Å². The number of rotatable bonds is 2. The molecule has 1 N–H and O–H groups in total. The normalized spacial score (nSPS) is 11.4. The molecule has 0 atom stereocenters. The van der Waals surface area contributed by atoms with Gasteiger partial charge in [0, 0.05) is 11.9 Å². The van der Waals surface area contributed by atoms with Gasteiger partial charge in [-0.15, -0.1) is 0 Å². The Bertz CT molecular complexity index is 597. The first-order chi connectivity index (χ1) is 8.88. The summed E-state index contributed by atoms with van der Waals surface area (Å²) in [6, 6.07) is 7.59. The molecule has 0 saturated carbocycles. The van der Waals surface area contributed by atoms with Crippen LogP contribution in [0.3, 0.4) is 0 Å². The van der Waals surface area contributed by atoms with Gasteiger partial charge in [0.1, 0.15) is 5.82 Å². The van der Waals surface area contributed by atoms with Gasteiger partial charge >= 0.3 is 6.18 Å². The minimum atomic E-state index is -4.36. The highest BCUT2D eigenvalue weighted by Crippen LogP contribution is 2.34. The van der Waals surface area contributed by atoms with Crippen LogP contribution in [0.2, 0.25) is 0 Å². The summed E-state index contributed by atoms with van der Waals surface area (Å²) in [4.78, 5) is 4.05. The number of pyridine rings is 1. The summed E-state index contributed by atoms with van der Waals surface area (Å²) < 4.78 is 39.1. The van der Waals surface area contributed by atoms with Crippen LogP contribution in [0.5, 0.6) is 0 Å². The summed E-state index contributed by atoms with van der Waals surface area (Å²) in [5.74, 6) is 0.472. The summed E-state index contributed by atoms with van der Waals surface area (Å²) in [6.07, 6.45) is -2.80. The van der Waals surface area contributed by atoms with Crippen molar-refractivity contribution >= 4 is 27.4 Å². The van der Waals surface area contributed by atoms with E-state index in [1.54, 1.807) is 24.4 Å². The summed E-state index contributed by atoms with van der Waals surface area (Å²) >= 11 is 3.28. The van der Waals surface area contributed by atoms with E-state index in [0.717, 1.165) is 6.07 Å². The minimum Gasteiger partial charge on any atom is -0.339 e. The molecule has 0 spiro atoms. The topological polar surface area (TPSA) is 24.9 Å². The Hall–Kier alpha value is -1.56. The molecule has 2 nitrogen and oxygen atoms in total. The zero-order chi connectivity index (χ0) is 14.0. The van der Waals surface area contributed by atoms with Crippen molar-refractivity contribution in [1.29, 1.82) is 0 Å². The van der Waals surface area contributed by atoms with Gasteiger partial charge in [-0.3, -0.25) is 0 Å². The fraction of sp³-hybridized carbons (Fsp3) is 0.154. The van der Waals surface area contributed by atoms with Gasteiger partial charge < -0.3 is 5.32 Å². The molecule has 1 heterocycles. The van der Waals surface area contributed by atoms with Crippen LogP contribution < -0.4 is 5.32 Å². The van der Waals surface area contributed by atoms with Gasteiger partial charge in [0.15, 0.2) is 0 Å². The maximum atomic E-state index is 12.8. The molecule has 0 aliphatic carbocycles. The molecule has 1 aromatic heterocycles. The zero-order valence-electron chi connectivity index (χ0n) is 9.92. The first-order valence-electron chi connectivity index (χ1n) is 5.43. The van der Waals surface area contributed by atoms with Crippen LogP contribution >= 0.6 is 15.9 Å². The molecule has 0 bridgehead atoms. The molecule has 100 valence electrons. The van der Waals surface area contributed by atoms with Crippen molar-refractivity contribution < 1.29 is 13.2 Å². The highest BCUT2D eigenvalue weighted by atomic mass is 79.9. The van der Waals surface area contributed by atoms with Crippen LogP contribution in [0, 0.1) is 6.92 Å². The number of aromatic nitrogens is 1. The predicted octanol–water partition coefficient (Wildman–Crippen LogP) is 4.91. The van der Waals surface area contributed by atoms with Crippen LogP contribution in [0.4, 0.5) is 24.7 Å². The van der Waals surface area contributed by atoms with Crippen molar-refractivity contribution in [3.8, 4) is 0 Å². The zero-order valence-corrected chi connectivity index (χ0v) is 11.5. The maximum absolute atomic E-state index is 12.8. The van der Waals surface area contributed by atoms with Crippen LogP contribution in [0.1, 0.15) is 11.1 Å². The standard InChI is InChI=1S/C13H10BrF3N2/c1-8-4-5-9(7-10(8)13(15,16)17)19-12-11(14)3-2-6-18-12/h2-7H,1H3,(H,18,19). The van der Waals surface area contributed by atoms with Crippen molar-refractivity contribution in [2.75, 3.05) is 5.32 Å². The highest BCUT2D eigenvalue weighted by Gasteiger charge is 2.32. The number of alkyl halides is 3. The Morgan fingerprint density at radius 2 is 1.95 bits per heavy atom. The van der Waals surface area contributed by atoms with Gasteiger partial charge in [0.25, 0.3) is 0 Å². The van der Waals surface area contributed by atoms with Gasteiger partial charge in [0.05, 0.1) is 10.0 Å². The van der Waals surface area contributed by atoms with Crippen LogP contribution in [-0.2, 0) is 6.18 Å². The summed E-state index contributed by atoms with van der Waals surface area (Å²) in [7, 11) is 0. The van der Waals surface area contributed by atoms with Crippen molar-refractivity contribution in [2.45, 2.75) is 13.1 Å². The van der Waals surface area contributed by atoms with Gasteiger partial charge in [-0.05, 0) is 52.7 Å². The fourth-order valence-electron chi connectivity index (χ4n) is 1.62. The highest BCUT2D eigenvalue weighted by molar-refractivity contribution is 9.10. The quantitative estimate of drug-likeness (QED) is 0.845. The second-order valence-electron chi connectivity index (χ2n) is 3.99. The third-order valence-corrected chi connectivity index (χ3v) is 3.20. The predicted molar refractivity (Wildman–Crippen MR) is 71.4 cm³/mol. The molecular formula is C13H10BrF3N2. The second kappa shape index (κ2) is 5.21. The average Bonchev–Trinajstić information content (AvgIpc) is 2.33. The van der Waals surface area contributed by atoms with Gasteiger partial charge in [0.2, 0.25) is 0 Å². The lowest BCUT2D eigenvalue weighted by Crippen LogP contribution is -2.08. The number of halogens is 4. The van der Waals surface area contributed by atoms with Crippen LogP contribution in [0.15, 0.2) is 41.0 Å². The number of nitrogens with zero attached hydrogens (tertiary/aromatic N) is 1. The van der Waals surface area contributed by atoms with Crippen molar-refractivity contribution in [3.63, 3.8) is 0 Å². The van der Waals surface area contributed by atoms with Crippen LogP contribution in [0.25, 0.3) is 0 Å². The number of benzene rings is 1. The number of anilines is 2. The molecule has 0 amide bonds. The number of aryl methyl sites for hydroxylation is 1. The summed E-state index contributed by atoms with van der Waals surface area (Å²) in [5, 5.41) is 2.85. The Balaban J connectivity index is 2.35. The SMILES string of the molecule is Cc1ccc(Nc2ncccc2Br)cc1C(F)(F)F. The van der Waals surface area contributed by atoms with E-state index in [1.807, 2.05) is 0 Å². The van der Waals surface area contributed by atoms with Gasteiger partial charge in [-0.2, -0.15) is 13.2 Å². The molecule has 6 heteroatoms. The van der Waals surface area contributed by atoms with Gasteiger partial charge in [-0.25, -0.2) is 4.98 Å². The molecule has 2 rings (SSSR count). The van der Waals surface area contributed by atoms with E-state index in [4.69, 9.17) is 0 Å². The molecular weight excluding hydrogens is 321 g/mol. The molecule has 0 unspecified atom stereocenters. The molecule has 0 aliphatic rings. The second-order valence-corrected chi connectivity index (χ2v) is 4.84. The fourth-order valence-corrected chi connectivity index (χ4v) is 1.97. The van der Waals surface area contributed by atoms with Crippen molar-refractivity contribution in [2.24, 2.45) is 0 Å². The van der Waals surface area contributed by atoms with E-state index in [-0.39, 0.29) is 5.56 Å². The summed E-state index contributed by atoms with van der Waals surface area (Å²) in [6.45, 7) is 1.43. The number of hydrogen-bond donors (Lipinski definition) is 1. The maximum Gasteiger partial charge on any atom is 0.416 e. The number of hydrogen-bond acceptors (Lipinski definition) is 2. The Morgan fingerprint density at radius 3 is 2.58 bits per heavy atom.